The maximum Gasteiger partial charge on any atom is 0.250 e. The van der Waals surface area contributed by atoms with Gasteiger partial charge in [0.25, 0.3) is 0 Å². The molecular weight excluding hydrogens is 357 g/mol. The number of benzene rings is 1. The number of nitrogens with one attached hydrogen (secondary N) is 1. The third-order valence-electron chi connectivity index (χ3n) is 3.64. The molecule has 9 heteroatoms. The van der Waals surface area contributed by atoms with Crippen molar-refractivity contribution >= 4 is 23.4 Å². The van der Waals surface area contributed by atoms with Gasteiger partial charge in [0.1, 0.15) is 5.82 Å². The van der Waals surface area contributed by atoms with Gasteiger partial charge in [0.15, 0.2) is 11.0 Å². The van der Waals surface area contributed by atoms with Crippen LogP contribution in [0.3, 0.4) is 0 Å². The van der Waals surface area contributed by atoms with Gasteiger partial charge < -0.3 is 14.5 Å². The van der Waals surface area contributed by atoms with Gasteiger partial charge in [0.05, 0.1) is 5.75 Å². The van der Waals surface area contributed by atoms with Gasteiger partial charge in [0.2, 0.25) is 11.5 Å². The van der Waals surface area contributed by atoms with Crippen molar-refractivity contribution in [2.24, 2.45) is 14.1 Å². The van der Waals surface area contributed by atoms with Crippen molar-refractivity contribution < 1.29 is 9.18 Å². The predicted octanol–water partition coefficient (Wildman–Crippen LogP) is 2.05. The first kappa shape index (κ1) is 17.9. The van der Waals surface area contributed by atoms with Gasteiger partial charge in [-0.05, 0) is 30.3 Å². The first-order valence-corrected chi connectivity index (χ1v) is 8.67. The number of thioether (sulfide) groups is 1. The molecule has 26 heavy (non-hydrogen) atoms. The molecule has 0 saturated heterocycles. The van der Waals surface area contributed by atoms with Crippen molar-refractivity contribution in [3.8, 4) is 11.4 Å². The first-order valence-electron chi connectivity index (χ1n) is 7.68. The minimum absolute atomic E-state index is 0.108. The Kier molecular flexibility index (Phi) is 5.17. The summed E-state index contributed by atoms with van der Waals surface area (Å²) in [5.74, 6) is 0.147. The highest BCUT2D eigenvalue weighted by molar-refractivity contribution is 7.99. The number of pyridine rings is 1. The van der Waals surface area contributed by atoms with Crippen molar-refractivity contribution in [1.82, 2.24) is 19.3 Å². The molecule has 0 radical (unpaired) electrons. The summed E-state index contributed by atoms with van der Waals surface area (Å²) in [6, 6.07) is 8.71. The van der Waals surface area contributed by atoms with E-state index in [2.05, 4.69) is 15.5 Å². The van der Waals surface area contributed by atoms with E-state index in [1.807, 2.05) is 0 Å². The summed E-state index contributed by atoms with van der Waals surface area (Å²) < 4.78 is 16.1. The highest BCUT2D eigenvalue weighted by Crippen LogP contribution is 2.22. The lowest BCUT2D eigenvalue weighted by Crippen LogP contribution is -2.15. The van der Waals surface area contributed by atoms with Crippen LogP contribution in [0.25, 0.3) is 11.4 Å². The lowest BCUT2D eigenvalue weighted by Gasteiger charge is -2.06. The molecule has 2 heterocycles. The number of halogens is 1. The molecule has 0 fully saturated rings. The molecule has 0 aliphatic carbocycles. The van der Waals surface area contributed by atoms with E-state index >= 15 is 0 Å². The van der Waals surface area contributed by atoms with Crippen LogP contribution in [0.1, 0.15) is 0 Å². The Bertz CT molecular complexity index is 997. The van der Waals surface area contributed by atoms with Gasteiger partial charge in [-0.1, -0.05) is 11.8 Å². The van der Waals surface area contributed by atoms with Crippen molar-refractivity contribution in [2.45, 2.75) is 5.16 Å². The van der Waals surface area contributed by atoms with Gasteiger partial charge in [-0.25, -0.2) is 4.39 Å². The van der Waals surface area contributed by atoms with Crippen molar-refractivity contribution in [1.29, 1.82) is 0 Å². The van der Waals surface area contributed by atoms with Crippen LogP contribution >= 0.6 is 11.8 Å². The number of carbonyl (C=O) groups is 1. The fourth-order valence-corrected chi connectivity index (χ4v) is 2.99. The van der Waals surface area contributed by atoms with Crippen molar-refractivity contribution in [2.75, 3.05) is 11.1 Å². The molecule has 0 aliphatic rings. The van der Waals surface area contributed by atoms with Gasteiger partial charge in [-0.2, -0.15) is 0 Å². The quantitative estimate of drug-likeness (QED) is 0.692. The molecule has 0 spiro atoms. The van der Waals surface area contributed by atoms with E-state index in [9.17, 15) is 14.0 Å². The Hall–Kier alpha value is -2.94. The topological polar surface area (TPSA) is 81.8 Å². The monoisotopic (exact) mass is 373 g/mol. The molecule has 0 saturated carbocycles. The zero-order valence-corrected chi connectivity index (χ0v) is 15.0. The van der Waals surface area contributed by atoms with Crippen LogP contribution in [0, 0.1) is 5.82 Å². The number of rotatable bonds is 5. The number of carbonyl (C=O) groups excluding carboxylic acids is 1. The molecule has 3 rings (SSSR count). The number of nitrogens with zero attached hydrogens (tertiary/aromatic N) is 4. The van der Waals surface area contributed by atoms with Gasteiger partial charge >= 0.3 is 0 Å². The second kappa shape index (κ2) is 7.52. The van der Waals surface area contributed by atoms with Gasteiger partial charge in [-0.3, -0.25) is 9.59 Å². The van der Waals surface area contributed by atoms with Crippen LogP contribution in [0.4, 0.5) is 10.1 Å². The third-order valence-corrected chi connectivity index (χ3v) is 4.66. The fourth-order valence-electron chi connectivity index (χ4n) is 2.28. The van der Waals surface area contributed by atoms with Crippen LogP contribution < -0.4 is 10.9 Å². The number of anilines is 1. The Morgan fingerprint density at radius 3 is 2.58 bits per heavy atom. The molecule has 2 aromatic heterocycles. The second-order valence-corrected chi connectivity index (χ2v) is 6.52. The van der Waals surface area contributed by atoms with E-state index in [1.54, 1.807) is 30.9 Å². The number of amides is 1. The van der Waals surface area contributed by atoms with E-state index in [4.69, 9.17) is 0 Å². The van der Waals surface area contributed by atoms with Crippen LogP contribution in [-0.4, -0.2) is 31.0 Å². The van der Waals surface area contributed by atoms with Gasteiger partial charge in [-0.15, -0.1) is 10.2 Å². The molecule has 3 aromatic rings. The lowest BCUT2D eigenvalue weighted by molar-refractivity contribution is -0.113. The predicted molar refractivity (Wildman–Crippen MR) is 97.4 cm³/mol. The van der Waals surface area contributed by atoms with E-state index < -0.39 is 0 Å². The molecule has 7 nitrogen and oxygen atoms in total. The molecule has 0 atom stereocenters. The SMILES string of the molecule is Cn1c(SCC(=O)Nc2ccc(F)cc2)nnc1-c1ccc(=O)n(C)c1. The summed E-state index contributed by atoms with van der Waals surface area (Å²) in [5, 5.41) is 11.5. The van der Waals surface area contributed by atoms with Gasteiger partial charge in [0, 0.05) is 37.6 Å². The minimum atomic E-state index is -0.359. The molecule has 134 valence electrons. The van der Waals surface area contributed by atoms with E-state index in [0.717, 1.165) is 5.56 Å². The summed E-state index contributed by atoms with van der Waals surface area (Å²) in [4.78, 5) is 23.5. The molecule has 1 aromatic carbocycles. The average Bonchev–Trinajstić information content (AvgIpc) is 2.98. The Labute approximate surface area is 152 Å². The summed E-state index contributed by atoms with van der Waals surface area (Å²) in [6.45, 7) is 0. The number of hydrogen-bond acceptors (Lipinski definition) is 5. The van der Waals surface area contributed by atoms with Crippen LogP contribution in [0.15, 0.2) is 52.5 Å². The maximum atomic E-state index is 12.9. The van der Waals surface area contributed by atoms with E-state index in [1.165, 1.54) is 46.7 Å². The van der Waals surface area contributed by atoms with Crippen LogP contribution in [0.2, 0.25) is 0 Å². The largest absolute Gasteiger partial charge is 0.325 e. The normalized spacial score (nSPS) is 10.7. The molecule has 1 amide bonds. The zero-order valence-electron chi connectivity index (χ0n) is 14.1. The zero-order chi connectivity index (χ0) is 18.7. The van der Waals surface area contributed by atoms with Crippen molar-refractivity contribution in [3.05, 3.63) is 58.8 Å². The number of aryl methyl sites for hydroxylation is 1. The smallest absolute Gasteiger partial charge is 0.250 e. The summed E-state index contributed by atoms with van der Waals surface area (Å²) >= 11 is 1.24. The standard InChI is InChI=1S/C17H16FN5O2S/c1-22-9-11(3-8-15(22)25)16-20-21-17(23(16)2)26-10-14(24)19-13-6-4-12(18)5-7-13/h3-9H,10H2,1-2H3,(H,19,24). The summed E-state index contributed by atoms with van der Waals surface area (Å²) in [6.07, 6.45) is 1.68. The third kappa shape index (κ3) is 3.99. The van der Waals surface area contributed by atoms with Crippen molar-refractivity contribution in [3.63, 3.8) is 0 Å². The fraction of sp³-hybridized carbons (Fsp3) is 0.176. The highest BCUT2D eigenvalue weighted by Gasteiger charge is 2.13. The summed E-state index contributed by atoms with van der Waals surface area (Å²) in [7, 11) is 3.46. The Balaban J connectivity index is 1.66. The average molecular weight is 373 g/mol. The molecular formula is C17H16FN5O2S. The first-order chi connectivity index (χ1) is 12.4. The maximum absolute atomic E-state index is 12.9. The minimum Gasteiger partial charge on any atom is -0.325 e. The molecule has 0 bridgehead atoms. The number of hydrogen-bond donors (Lipinski definition) is 1. The van der Waals surface area contributed by atoms with E-state index in [-0.39, 0.29) is 23.0 Å². The van der Waals surface area contributed by atoms with Crippen LogP contribution in [0.5, 0.6) is 0 Å². The highest BCUT2D eigenvalue weighted by atomic mass is 32.2. The summed E-state index contributed by atoms with van der Waals surface area (Å²) in [5.41, 5.74) is 1.17. The molecule has 1 N–H and O–H groups in total. The number of aromatic nitrogens is 4. The second-order valence-electron chi connectivity index (χ2n) is 5.58. The van der Waals surface area contributed by atoms with E-state index in [0.29, 0.717) is 16.7 Å². The Morgan fingerprint density at radius 1 is 1.15 bits per heavy atom. The van der Waals surface area contributed by atoms with Crippen LogP contribution in [-0.2, 0) is 18.9 Å². The molecule has 0 aliphatic heterocycles. The Morgan fingerprint density at radius 2 is 1.88 bits per heavy atom. The lowest BCUT2D eigenvalue weighted by atomic mass is 10.2. The molecule has 0 unspecified atom stereocenters.